The molecule has 2 aliphatic rings. The summed E-state index contributed by atoms with van der Waals surface area (Å²) >= 11 is 0. The molecule has 2 saturated carbocycles. The Morgan fingerprint density at radius 2 is 1.80 bits per heavy atom. The first-order valence-corrected chi connectivity index (χ1v) is 9.38. The van der Waals surface area contributed by atoms with Crippen molar-refractivity contribution in [2.24, 2.45) is 5.41 Å². The van der Waals surface area contributed by atoms with E-state index in [2.05, 4.69) is 5.32 Å². The molecule has 2 aliphatic carbocycles. The Hall–Kier alpha value is -1.30. The predicted octanol–water partition coefficient (Wildman–Crippen LogP) is 3.57. The summed E-state index contributed by atoms with van der Waals surface area (Å²) in [5.74, 6) is -0.360. The molecule has 0 bridgehead atoms. The highest BCUT2D eigenvalue weighted by atomic mass is 16.6. The highest BCUT2D eigenvalue weighted by Crippen LogP contribution is 2.50. The molecule has 1 amide bonds. The molecule has 1 N–H and O–H groups in total. The minimum Gasteiger partial charge on any atom is -0.467 e. The van der Waals surface area contributed by atoms with Crippen molar-refractivity contribution in [2.45, 2.75) is 96.5 Å². The molecule has 0 radical (unpaired) electrons. The summed E-state index contributed by atoms with van der Waals surface area (Å²) in [7, 11) is 1.37. The summed E-state index contributed by atoms with van der Waals surface area (Å²) < 4.78 is 16.1. The van der Waals surface area contributed by atoms with Crippen molar-refractivity contribution in [3.63, 3.8) is 0 Å². The SMILES string of the molecule is COC(=O)C(C)O[C@H]1C[C@@H](NC(=O)OC(C)(C)C)C2(CCCCC2)C1. The van der Waals surface area contributed by atoms with Crippen LogP contribution in [0.5, 0.6) is 0 Å². The quantitative estimate of drug-likeness (QED) is 0.780. The van der Waals surface area contributed by atoms with Crippen molar-refractivity contribution in [2.75, 3.05) is 7.11 Å². The maximum absolute atomic E-state index is 12.3. The molecule has 1 spiro atoms. The number of alkyl carbamates (subject to hydrolysis) is 1. The van der Waals surface area contributed by atoms with Crippen LogP contribution in [-0.2, 0) is 19.0 Å². The Bertz CT molecular complexity index is 479. The monoisotopic (exact) mass is 355 g/mol. The van der Waals surface area contributed by atoms with Gasteiger partial charge < -0.3 is 19.5 Å². The number of methoxy groups -OCH3 is 1. The van der Waals surface area contributed by atoms with E-state index in [-0.39, 0.29) is 29.6 Å². The summed E-state index contributed by atoms with van der Waals surface area (Å²) in [5.41, 5.74) is -0.465. The number of ether oxygens (including phenoxy) is 3. The lowest BCUT2D eigenvalue weighted by atomic mass is 9.70. The molecule has 25 heavy (non-hydrogen) atoms. The van der Waals surface area contributed by atoms with Gasteiger partial charge in [-0.1, -0.05) is 19.3 Å². The van der Waals surface area contributed by atoms with Gasteiger partial charge in [0.2, 0.25) is 0 Å². The molecular weight excluding hydrogens is 322 g/mol. The average Bonchev–Trinajstić information content (AvgIpc) is 2.81. The van der Waals surface area contributed by atoms with Gasteiger partial charge in [-0.3, -0.25) is 0 Å². The third kappa shape index (κ3) is 5.33. The molecule has 3 atom stereocenters. The number of hydrogen-bond acceptors (Lipinski definition) is 5. The topological polar surface area (TPSA) is 73.9 Å². The first-order chi connectivity index (χ1) is 11.6. The van der Waals surface area contributed by atoms with E-state index in [1.165, 1.54) is 26.4 Å². The number of nitrogens with one attached hydrogen (secondary N) is 1. The van der Waals surface area contributed by atoms with Gasteiger partial charge >= 0.3 is 12.1 Å². The van der Waals surface area contributed by atoms with Crippen LogP contribution in [0.4, 0.5) is 4.79 Å². The Morgan fingerprint density at radius 3 is 2.36 bits per heavy atom. The standard InChI is InChI=1S/C19H33NO5/c1-13(16(21)23-5)24-14-11-15(20-17(22)25-18(2,3)4)19(12-14)9-7-6-8-10-19/h13-15H,6-12H2,1-5H3,(H,20,22)/t13?,14-,15+/m0/s1. The third-order valence-electron chi connectivity index (χ3n) is 5.34. The summed E-state index contributed by atoms with van der Waals surface area (Å²) in [5, 5.41) is 3.09. The Labute approximate surface area is 151 Å². The third-order valence-corrected chi connectivity index (χ3v) is 5.34. The van der Waals surface area contributed by atoms with Crippen LogP contribution in [0.3, 0.4) is 0 Å². The summed E-state index contributed by atoms with van der Waals surface area (Å²) in [6.07, 6.45) is 6.32. The van der Waals surface area contributed by atoms with Gasteiger partial charge in [-0.2, -0.15) is 0 Å². The fourth-order valence-electron chi connectivity index (χ4n) is 4.28. The molecule has 2 fully saturated rings. The number of carbonyl (C=O) groups is 2. The minimum absolute atomic E-state index is 0.0255. The molecule has 0 heterocycles. The van der Waals surface area contributed by atoms with Crippen LogP contribution < -0.4 is 5.32 Å². The van der Waals surface area contributed by atoms with Gasteiger partial charge in [0.1, 0.15) is 5.60 Å². The van der Waals surface area contributed by atoms with E-state index in [4.69, 9.17) is 14.2 Å². The second kappa shape index (κ2) is 7.94. The number of hydrogen-bond donors (Lipinski definition) is 1. The first-order valence-electron chi connectivity index (χ1n) is 9.38. The van der Waals surface area contributed by atoms with Crippen molar-refractivity contribution in [1.29, 1.82) is 0 Å². The zero-order valence-electron chi connectivity index (χ0n) is 16.2. The molecular formula is C19H33NO5. The van der Waals surface area contributed by atoms with Crippen molar-refractivity contribution in [3.8, 4) is 0 Å². The molecule has 6 nitrogen and oxygen atoms in total. The zero-order chi connectivity index (χ0) is 18.7. The van der Waals surface area contributed by atoms with Crippen LogP contribution in [0.1, 0.15) is 72.6 Å². The highest BCUT2D eigenvalue weighted by Gasteiger charge is 2.49. The second-order valence-corrected chi connectivity index (χ2v) is 8.49. The molecule has 0 aliphatic heterocycles. The highest BCUT2D eigenvalue weighted by molar-refractivity contribution is 5.74. The van der Waals surface area contributed by atoms with Crippen LogP contribution in [0.2, 0.25) is 0 Å². The number of amides is 1. The molecule has 0 aromatic heterocycles. The van der Waals surface area contributed by atoms with Crippen molar-refractivity contribution in [1.82, 2.24) is 5.32 Å². The van der Waals surface area contributed by atoms with Crippen LogP contribution in [-0.4, -0.2) is 43.0 Å². The predicted molar refractivity (Wildman–Crippen MR) is 94.3 cm³/mol. The maximum Gasteiger partial charge on any atom is 0.407 e. The second-order valence-electron chi connectivity index (χ2n) is 8.49. The van der Waals surface area contributed by atoms with Crippen molar-refractivity contribution in [3.05, 3.63) is 0 Å². The van der Waals surface area contributed by atoms with Gasteiger partial charge in [0.05, 0.1) is 13.2 Å². The Kier molecular flexibility index (Phi) is 6.35. The van der Waals surface area contributed by atoms with E-state index in [0.717, 1.165) is 19.3 Å². The molecule has 2 rings (SSSR count). The molecule has 0 aromatic rings. The minimum atomic E-state index is -0.587. The van der Waals surface area contributed by atoms with E-state index < -0.39 is 11.7 Å². The van der Waals surface area contributed by atoms with Crippen molar-refractivity contribution < 1.29 is 23.8 Å². The van der Waals surface area contributed by atoms with Crippen LogP contribution in [0, 0.1) is 5.41 Å². The summed E-state index contributed by atoms with van der Waals surface area (Å²) in [4.78, 5) is 23.9. The number of esters is 1. The molecule has 6 heteroatoms. The van der Waals surface area contributed by atoms with Gasteiger partial charge in [0, 0.05) is 6.04 Å². The first kappa shape index (κ1) is 20.0. The van der Waals surface area contributed by atoms with E-state index in [9.17, 15) is 9.59 Å². The van der Waals surface area contributed by atoms with Crippen molar-refractivity contribution >= 4 is 12.1 Å². The van der Waals surface area contributed by atoms with E-state index in [1.54, 1.807) is 6.92 Å². The lowest BCUT2D eigenvalue weighted by molar-refractivity contribution is -0.156. The lowest BCUT2D eigenvalue weighted by Gasteiger charge is -2.39. The average molecular weight is 355 g/mol. The molecule has 0 aromatic carbocycles. The molecule has 144 valence electrons. The summed E-state index contributed by atoms with van der Waals surface area (Å²) in [6, 6.07) is 0.0255. The Balaban J connectivity index is 2.04. The summed E-state index contributed by atoms with van der Waals surface area (Å²) in [6.45, 7) is 7.30. The van der Waals surface area contributed by atoms with E-state index in [0.29, 0.717) is 6.42 Å². The maximum atomic E-state index is 12.3. The van der Waals surface area contributed by atoms with E-state index in [1.807, 2.05) is 20.8 Å². The van der Waals surface area contributed by atoms with Crippen LogP contribution in [0.25, 0.3) is 0 Å². The van der Waals surface area contributed by atoms with Gasteiger partial charge in [-0.15, -0.1) is 0 Å². The van der Waals surface area contributed by atoms with Gasteiger partial charge in [0.15, 0.2) is 6.10 Å². The smallest absolute Gasteiger partial charge is 0.407 e. The van der Waals surface area contributed by atoms with Gasteiger partial charge in [-0.25, -0.2) is 9.59 Å². The number of carbonyl (C=O) groups excluding carboxylic acids is 2. The zero-order valence-corrected chi connectivity index (χ0v) is 16.2. The van der Waals surface area contributed by atoms with Gasteiger partial charge in [-0.05, 0) is 58.8 Å². The van der Waals surface area contributed by atoms with Crippen LogP contribution >= 0.6 is 0 Å². The normalized spacial score (nSPS) is 26.9. The van der Waals surface area contributed by atoms with Crippen LogP contribution in [0.15, 0.2) is 0 Å². The molecule has 1 unspecified atom stereocenters. The molecule has 0 saturated heterocycles. The fraction of sp³-hybridized carbons (Fsp3) is 0.895. The largest absolute Gasteiger partial charge is 0.467 e. The fourth-order valence-corrected chi connectivity index (χ4v) is 4.28. The Morgan fingerprint density at radius 1 is 1.16 bits per heavy atom. The number of rotatable bonds is 4. The van der Waals surface area contributed by atoms with E-state index >= 15 is 0 Å². The van der Waals surface area contributed by atoms with Gasteiger partial charge in [0.25, 0.3) is 0 Å². The lowest BCUT2D eigenvalue weighted by Crippen LogP contribution is -2.47.